The number of rotatable bonds is 0. The Bertz CT molecular complexity index is 480. The zero-order chi connectivity index (χ0) is 9.60. The van der Waals surface area contributed by atoms with Gasteiger partial charge in [0, 0.05) is 6.21 Å². The van der Waals surface area contributed by atoms with Crippen LogP contribution < -0.4 is 0 Å². The Morgan fingerprint density at radius 1 is 1.29 bits per heavy atom. The van der Waals surface area contributed by atoms with E-state index >= 15 is 0 Å². The van der Waals surface area contributed by atoms with Gasteiger partial charge in [0.2, 0.25) is 0 Å². The molecule has 1 aliphatic carbocycles. The van der Waals surface area contributed by atoms with Crippen LogP contribution in [0, 0.1) is 0 Å². The number of aliphatic imine (C=N–C) groups is 3. The molecule has 68 valence electrons. The minimum atomic E-state index is -0.784. The van der Waals surface area contributed by atoms with E-state index in [-0.39, 0.29) is 0 Å². The molecule has 4 heteroatoms. The van der Waals surface area contributed by atoms with Crippen LogP contribution in [0.2, 0.25) is 0 Å². The normalized spacial score (nSPS) is 31.9. The van der Waals surface area contributed by atoms with Crippen LogP contribution in [0.3, 0.4) is 0 Å². The molecule has 0 aromatic heterocycles. The molecule has 14 heavy (non-hydrogen) atoms. The van der Waals surface area contributed by atoms with Crippen molar-refractivity contribution in [1.82, 2.24) is 0 Å². The second kappa shape index (κ2) is 2.35. The molecule has 3 rings (SSSR count). The lowest BCUT2D eigenvalue weighted by atomic mass is 9.85. The molecule has 0 saturated carbocycles. The van der Waals surface area contributed by atoms with Crippen molar-refractivity contribution >= 4 is 18.0 Å². The Kier molecular flexibility index (Phi) is 1.27. The zero-order valence-corrected chi connectivity index (χ0v) is 7.18. The van der Waals surface area contributed by atoms with Gasteiger partial charge in [0.1, 0.15) is 0 Å². The van der Waals surface area contributed by atoms with E-state index in [9.17, 15) is 4.39 Å². The third kappa shape index (κ3) is 0.775. The molecule has 1 unspecified atom stereocenters. The smallest absolute Gasteiger partial charge is 0.258 e. The van der Waals surface area contributed by atoms with E-state index in [1.807, 2.05) is 6.08 Å². The maximum absolute atomic E-state index is 13.0. The predicted molar refractivity (Wildman–Crippen MR) is 53.6 cm³/mol. The first kappa shape index (κ1) is 7.55. The summed E-state index contributed by atoms with van der Waals surface area (Å²) >= 11 is 0. The van der Waals surface area contributed by atoms with Crippen molar-refractivity contribution in [1.29, 1.82) is 0 Å². The number of dihydropyridines is 1. The summed E-state index contributed by atoms with van der Waals surface area (Å²) in [5, 5.41) is 0. The second-order valence-electron chi connectivity index (χ2n) is 3.19. The van der Waals surface area contributed by atoms with Gasteiger partial charge in [-0.15, -0.1) is 0 Å². The topological polar surface area (TPSA) is 37.1 Å². The van der Waals surface area contributed by atoms with Crippen molar-refractivity contribution in [2.75, 3.05) is 0 Å². The maximum Gasteiger partial charge on any atom is 0.306 e. The van der Waals surface area contributed by atoms with E-state index in [0.717, 1.165) is 0 Å². The highest BCUT2D eigenvalue weighted by atomic mass is 19.1. The van der Waals surface area contributed by atoms with E-state index in [0.29, 0.717) is 11.4 Å². The molecule has 2 aliphatic heterocycles. The summed E-state index contributed by atoms with van der Waals surface area (Å²) in [4.78, 5) is 11.8. The van der Waals surface area contributed by atoms with Crippen LogP contribution >= 0.6 is 0 Å². The van der Waals surface area contributed by atoms with E-state index in [2.05, 4.69) is 15.0 Å². The average molecular weight is 187 g/mol. The Labute approximate surface area is 79.8 Å². The van der Waals surface area contributed by atoms with Crippen molar-refractivity contribution in [2.24, 2.45) is 15.0 Å². The summed E-state index contributed by atoms with van der Waals surface area (Å²) in [5.74, 6) is 0. The molecule has 0 radical (unpaired) electrons. The maximum atomic E-state index is 13.0. The van der Waals surface area contributed by atoms with Crippen LogP contribution in [-0.2, 0) is 0 Å². The molecule has 3 nitrogen and oxygen atoms in total. The van der Waals surface area contributed by atoms with Gasteiger partial charge >= 0.3 is 6.09 Å². The van der Waals surface area contributed by atoms with Gasteiger partial charge in [0.05, 0.1) is 11.4 Å². The van der Waals surface area contributed by atoms with Crippen LogP contribution in [-0.4, -0.2) is 23.6 Å². The lowest BCUT2D eigenvalue weighted by molar-refractivity contribution is 0.750. The SMILES string of the molecule is FC1=NC23C=CC=NC2=CC=CC3=N1. The summed E-state index contributed by atoms with van der Waals surface area (Å²) in [5.41, 5.74) is 0.530. The number of amidine groups is 1. The van der Waals surface area contributed by atoms with Crippen molar-refractivity contribution in [3.05, 3.63) is 36.1 Å². The van der Waals surface area contributed by atoms with Crippen molar-refractivity contribution < 1.29 is 4.39 Å². The molecule has 1 atom stereocenters. The molecule has 1 spiro atoms. The standard InChI is InChI=1S/C10H6FN3/c11-9-13-8-4-1-3-7-10(8,14-9)5-2-6-12-7/h1-6H. The van der Waals surface area contributed by atoms with Gasteiger partial charge in [-0.05, 0) is 24.3 Å². The van der Waals surface area contributed by atoms with Crippen molar-refractivity contribution in [3.8, 4) is 0 Å². The minimum Gasteiger partial charge on any atom is -0.258 e. The molecule has 0 N–H and O–H groups in total. The van der Waals surface area contributed by atoms with Gasteiger partial charge in [-0.25, -0.2) is 9.98 Å². The summed E-state index contributed by atoms with van der Waals surface area (Å²) in [6.07, 6.45) is 9.93. The molecule has 0 bridgehead atoms. The van der Waals surface area contributed by atoms with Crippen LogP contribution in [0.4, 0.5) is 4.39 Å². The Morgan fingerprint density at radius 2 is 2.21 bits per heavy atom. The molecule has 0 amide bonds. The molecular formula is C10H6FN3. The first-order valence-corrected chi connectivity index (χ1v) is 4.26. The lowest BCUT2D eigenvalue weighted by Gasteiger charge is -2.26. The molecule has 3 aliphatic rings. The predicted octanol–water partition coefficient (Wildman–Crippen LogP) is 1.60. The fourth-order valence-electron chi connectivity index (χ4n) is 1.78. The highest BCUT2D eigenvalue weighted by Crippen LogP contribution is 2.35. The first-order chi connectivity index (χ1) is 6.81. The number of halogens is 1. The number of nitrogens with zero attached hydrogens (tertiary/aromatic N) is 3. The van der Waals surface area contributed by atoms with Crippen molar-refractivity contribution in [3.63, 3.8) is 0 Å². The first-order valence-electron chi connectivity index (χ1n) is 4.26. The molecule has 0 saturated heterocycles. The fourth-order valence-corrected chi connectivity index (χ4v) is 1.78. The molecular weight excluding hydrogens is 181 g/mol. The van der Waals surface area contributed by atoms with Crippen LogP contribution in [0.25, 0.3) is 0 Å². The van der Waals surface area contributed by atoms with E-state index in [4.69, 9.17) is 0 Å². The Balaban J connectivity index is 2.27. The van der Waals surface area contributed by atoms with Crippen LogP contribution in [0.5, 0.6) is 0 Å². The van der Waals surface area contributed by atoms with Gasteiger partial charge in [0.25, 0.3) is 0 Å². The van der Waals surface area contributed by atoms with Crippen LogP contribution in [0.15, 0.2) is 51.1 Å². The van der Waals surface area contributed by atoms with Gasteiger partial charge in [-0.3, -0.25) is 4.99 Å². The number of allylic oxidation sites excluding steroid dienone is 3. The summed E-state index contributed by atoms with van der Waals surface area (Å²) in [6, 6.07) is 0. The van der Waals surface area contributed by atoms with Crippen molar-refractivity contribution in [2.45, 2.75) is 5.54 Å². The lowest BCUT2D eigenvalue weighted by Crippen LogP contribution is -2.35. The number of hydrogen-bond donors (Lipinski definition) is 0. The van der Waals surface area contributed by atoms with Gasteiger partial charge in [0.15, 0.2) is 5.54 Å². The number of hydrogen-bond acceptors (Lipinski definition) is 3. The summed E-state index contributed by atoms with van der Waals surface area (Å²) in [7, 11) is 0. The highest BCUT2D eigenvalue weighted by molar-refractivity contribution is 6.17. The summed E-state index contributed by atoms with van der Waals surface area (Å²) < 4.78 is 13.0. The van der Waals surface area contributed by atoms with Gasteiger partial charge in [-0.1, -0.05) is 6.08 Å². The fraction of sp³-hybridized carbons (Fsp3) is 0.100. The van der Waals surface area contributed by atoms with E-state index in [1.54, 1.807) is 30.5 Å². The Hall–Kier alpha value is -1.84. The molecule has 0 aromatic rings. The second-order valence-corrected chi connectivity index (χ2v) is 3.19. The van der Waals surface area contributed by atoms with Crippen LogP contribution in [0.1, 0.15) is 0 Å². The molecule has 0 fully saturated rings. The molecule has 2 heterocycles. The van der Waals surface area contributed by atoms with E-state index < -0.39 is 11.6 Å². The largest absolute Gasteiger partial charge is 0.306 e. The van der Waals surface area contributed by atoms with Gasteiger partial charge < -0.3 is 0 Å². The molecule has 0 aromatic carbocycles. The average Bonchev–Trinajstić information content (AvgIpc) is 2.51. The minimum absolute atomic E-state index is 0.598. The van der Waals surface area contributed by atoms with Gasteiger partial charge in [-0.2, -0.15) is 4.39 Å². The monoisotopic (exact) mass is 187 g/mol. The third-order valence-corrected chi connectivity index (χ3v) is 2.41. The highest BCUT2D eigenvalue weighted by Gasteiger charge is 2.42. The third-order valence-electron chi connectivity index (χ3n) is 2.41. The van der Waals surface area contributed by atoms with E-state index in [1.165, 1.54) is 0 Å². The quantitative estimate of drug-likeness (QED) is 0.516. The Morgan fingerprint density at radius 3 is 3.14 bits per heavy atom. The zero-order valence-electron chi connectivity index (χ0n) is 7.18. The summed E-state index contributed by atoms with van der Waals surface area (Å²) in [6.45, 7) is 0.